The van der Waals surface area contributed by atoms with Crippen LogP contribution in [-0.2, 0) is 27.2 Å². The number of amides is 3. The number of nitrogens with zero attached hydrogens (tertiary/aromatic N) is 3. The van der Waals surface area contributed by atoms with Crippen molar-refractivity contribution in [2.24, 2.45) is 0 Å². The van der Waals surface area contributed by atoms with Gasteiger partial charge in [0, 0.05) is 6.54 Å². The number of allylic oxidation sites excluding steroid dienone is 1. The molecule has 1 aromatic heterocycles. The van der Waals surface area contributed by atoms with E-state index in [1.165, 1.54) is 0 Å². The van der Waals surface area contributed by atoms with Gasteiger partial charge in [-0.1, -0.05) is 66.7 Å². The standard InChI is InChI=1S/C40H44N4O6/c1-39(2,3)49-37(46)44(38(47)50-40(4,5)6)32-19-18-29-21-30(22-31(29)23-32)27-14-16-28(17-15-27)33-24-34(42-41-33)35-13-10-20-43(35)36(45)48-25-26-11-8-7-9-12-26/h7-9,11-12,14-19,22-24,35H,10,13,20-21,25H2,1-6H3,(H,41,42)/t35-/m0/s1. The molecule has 2 aliphatic rings. The van der Waals surface area contributed by atoms with Gasteiger partial charge in [0.05, 0.1) is 23.1 Å². The van der Waals surface area contributed by atoms with Crippen LogP contribution in [-0.4, -0.2) is 51.1 Å². The Bertz CT molecular complexity index is 1870. The molecule has 1 saturated heterocycles. The number of fused-ring (bicyclic) bond motifs is 1. The number of imide groups is 1. The summed E-state index contributed by atoms with van der Waals surface area (Å²) in [5.74, 6) is 0. The summed E-state index contributed by atoms with van der Waals surface area (Å²) in [7, 11) is 0. The molecule has 1 N–H and O–H groups in total. The zero-order valence-electron chi connectivity index (χ0n) is 29.5. The zero-order valence-corrected chi connectivity index (χ0v) is 29.5. The number of rotatable bonds is 6. The number of nitrogens with one attached hydrogen (secondary N) is 1. The maximum atomic E-state index is 13.2. The van der Waals surface area contributed by atoms with E-state index in [0.717, 1.165) is 62.5 Å². The number of hydrogen-bond donors (Lipinski definition) is 1. The lowest BCUT2D eigenvalue weighted by Gasteiger charge is -2.28. The Hall–Kier alpha value is -5.38. The van der Waals surface area contributed by atoms with Crippen LogP contribution in [0.1, 0.15) is 88.4 Å². The summed E-state index contributed by atoms with van der Waals surface area (Å²) in [5.41, 5.74) is 6.58. The Balaban J connectivity index is 1.15. The van der Waals surface area contributed by atoms with Gasteiger partial charge in [-0.2, -0.15) is 10.00 Å². The lowest BCUT2D eigenvalue weighted by Crippen LogP contribution is -2.43. The third-order valence-electron chi connectivity index (χ3n) is 8.45. The molecular weight excluding hydrogens is 632 g/mol. The Morgan fingerprint density at radius 1 is 0.860 bits per heavy atom. The molecule has 10 heteroatoms. The molecule has 50 heavy (non-hydrogen) atoms. The molecule has 0 spiro atoms. The van der Waals surface area contributed by atoms with E-state index in [9.17, 15) is 14.4 Å². The second-order valence-electron chi connectivity index (χ2n) is 14.7. The van der Waals surface area contributed by atoms with Crippen LogP contribution in [0, 0.1) is 0 Å². The van der Waals surface area contributed by atoms with Gasteiger partial charge >= 0.3 is 18.3 Å². The summed E-state index contributed by atoms with van der Waals surface area (Å²) in [5, 5.41) is 7.74. The van der Waals surface area contributed by atoms with Crippen molar-refractivity contribution < 1.29 is 28.6 Å². The normalized spacial score (nSPS) is 15.7. The molecular formula is C40H44N4O6. The smallest absolute Gasteiger partial charge is 0.424 e. The predicted molar refractivity (Wildman–Crippen MR) is 192 cm³/mol. The van der Waals surface area contributed by atoms with E-state index in [0.29, 0.717) is 18.7 Å². The Morgan fingerprint density at radius 3 is 2.18 bits per heavy atom. The highest BCUT2D eigenvalue weighted by Crippen LogP contribution is 2.37. The molecule has 10 nitrogen and oxygen atoms in total. The number of likely N-dealkylation sites (tertiary alicyclic amines) is 1. The SMILES string of the molecule is CC(C)(C)OC(=O)N(C(=O)OC(C)(C)C)c1ccc2c(c1)C=C(c1ccc(-c3cc([C@@H]4CCCN4C(=O)OCc4ccccc4)n[nH]3)cc1)C2. The molecule has 6 rings (SSSR count). The van der Waals surface area contributed by atoms with Crippen molar-refractivity contribution in [3.8, 4) is 11.3 Å². The Kier molecular flexibility index (Phi) is 9.56. The number of benzene rings is 3. The van der Waals surface area contributed by atoms with Crippen LogP contribution in [0.5, 0.6) is 0 Å². The molecule has 1 fully saturated rings. The van der Waals surface area contributed by atoms with Gasteiger partial charge in [-0.3, -0.25) is 10.00 Å². The quantitative estimate of drug-likeness (QED) is 0.203. The number of ether oxygens (including phenoxy) is 3. The summed E-state index contributed by atoms with van der Waals surface area (Å²) in [6.07, 6.45) is 2.58. The number of H-pyrrole nitrogens is 1. The van der Waals surface area contributed by atoms with E-state index in [-0.39, 0.29) is 18.7 Å². The molecule has 2 heterocycles. The van der Waals surface area contributed by atoms with Crippen LogP contribution < -0.4 is 4.90 Å². The fraction of sp³-hybridized carbons (Fsp3) is 0.350. The first kappa shape index (κ1) is 34.5. The highest BCUT2D eigenvalue weighted by atomic mass is 16.6. The lowest BCUT2D eigenvalue weighted by molar-refractivity contribution is 0.0430. The third kappa shape index (κ3) is 8.07. The highest BCUT2D eigenvalue weighted by molar-refractivity contribution is 6.10. The van der Waals surface area contributed by atoms with E-state index in [1.54, 1.807) is 52.5 Å². The molecule has 1 atom stereocenters. The van der Waals surface area contributed by atoms with Crippen LogP contribution in [0.15, 0.2) is 78.9 Å². The van der Waals surface area contributed by atoms with Crippen molar-refractivity contribution in [1.29, 1.82) is 0 Å². The van der Waals surface area contributed by atoms with Crippen molar-refractivity contribution >= 4 is 35.6 Å². The molecule has 0 saturated carbocycles. The van der Waals surface area contributed by atoms with Gasteiger partial charge in [-0.25, -0.2) is 14.4 Å². The highest BCUT2D eigenvalue weighted by Gasteiger charge is 2.34. The molecule has 1 aliphatic carbocycles. The molecule has 3 amide bonds. The van der Waals surface area contributed by atoms with Gasteiger partial charge in [0.25, 0.3) is 0 Å². The average Bonchev–Trinajstić information content (AvgIpc) is 3.82. The van der Waals surface area contributed by atoms with E-state index in [4.69, 9.17) is 14.2 Å². The Labute approximate surface area is 293 Å². The maximum absolute atomic E-state index is 13.2. The number of carbonyl (C=O) groups excluding carboxylic acids is 3. The van der Waals surface area contributed by atoms with Gasteiger partial charge in [0.2, 0.25) is 0 Å². The van der Waals surface area contributed by atoms with E-state index >= 15 is 0 Å². The molecule has 0 unspecified atom stereocenters. The minimum Gasteiger partial charge on any atom is -0.445 e. The van der Waals surface area contributed by atoms with Crippen molar-refractivity contribution in [3.05, 3.63) is 107 Å². The summed E-state index contributed by atoms with van der Waals surface area (Å²) in [4.78, 5) is 42.0. The summed E-state index contributed by atoms with van der Waals surface area (Å²) >= 11 is 0. The fourth-order valence-electron chi connectivity index (χ4n) is 6.16. The van der Waals surface area contributed by atoms with Gasteiger partial charge in [0.1, 0.15) is 17.8 Å². The van der Waals surface area contributed by atoms with Crippen molar-refractivity contribution in [3.63, 3.8) is 0 Å². The Morgan fingerprint density at radius 2 is 1.52 bits per heavy atom. The molecule has 0 bridgehead atoms. The van der Waals surface area contributed by atoms with Crippen molar-refractivity contribution in [2.45, 2.75) is 84.7 Å². The third-order valence-corrected chi connectivity index (χ3v) is 8.45. The largest absolute Gasteiger partial charge is 0.445 e. The van der Waals surface area contributed by atoms with Crippen LogP contribution >= 0.6 is 0 Å². The summed E-state index contributed by atoms with van der Waals surface area (Å²) in [6, 6.07) is 25.3. The van der Waals surface area contributed by atoms with E-state index < -0.39 is 23.4 Å². The topological polar surface area (TPSA) is 114 Å². The van der Waals surface area contributed by atoms with Crippen LogP contribution in [0.2, 0.25) is 0 Å². The van der Waals surface area contributed by atoms with E-state index in [1.807, 2.05) is 48.5 Å². The fourth-order valence-corrected chi connectivity index (χ4v) is 6.16. The molecule has 3 aromatic carbocycles. The van der Waals surface area contributed by atoms with E-state index in [2.05, 4.69) is 40.5 Å². The number of aromatic nitrogens is 2. The summed E-state index contributed by atoms with van der Waals surface area (Å²) < 4.78 is 16.7. The predicted octanol–water partition coefficient (Wildman–Crippen LogP) is 9.32. The number of hydrogen-bond acceptors (Lipinski definition) is 7. The van der Waals surface area contributed by atoms with Gasteiger partial charge in [0.15, 0.2) is 0 Å². The molecule has 1 aliphatic heterocycles. The first-order valence-corrected chi connectivity index (χ1v) is 17.0. The van der Waals surface area contributed by atoms with Crippen LogP contribution in [0.4, 0.5) is 20.1 Å². The first-order valence-electron chi connectivity index (χ1n) is 17.0. The molecule has 4 aromatic rings. The number of aromatic amines is 1. The zero-order chi connectivity index (χ0) is 35.6. The van der Waals surface area contributed by atoms with Gasteiger partial charge in [-0.05, 0) is 112 Å². The lowest BCUT2D eigenvalue weighted by atomic mass is 10.0. The second-order valence-corrected chi connectivity index (χ2v) is 14.7. The molecule has 260 valence electrons. The number of anilines is 1. The second kappa shape index (κ2) is 13.9. The van der Waals surface area contributed by atoms with Gasteiger partial charge < -0.3 is 14.2 Å². The van der Waals surface area contributed by atoms with Crippen molar-refractivity contribution in [2.75, 3.05) is 11.4 Å². The summed E-state index contributed by atoms with van der Waals surface area (Å²) in [6.45, 7) is 11.4. The van der Waals surface area contributed by atoms with Crippen molar-refractivity contribution in [1.82, 2.24) is 15.1 Å². The monoisotopic (exact) mass is 676 g/mol. The van der Waals surface area contributed by atoms with Gasteiger partial charge in [-0.15, -0.1) is 0 Å². The first-order chi connectivity index (χ1) is 23.7. The maximum Gasteiger partial charge on any atom is 0.424 e. The minimum atomic E-state index is -0.796. The number of carbonyl (C=O) groups is 3. The minimum absolute atomic E-state index is 0.142. The van der Waals surface area contributed by atoms with Crippen LogP contribution in [0.25, 0.3) is 22.9 Å². The average molecular weight is 677 g/mol. The molecule has 0 radical (unpaired) electrons. The van der Waals surface area contributed by atoms with Crippen LogP contribution in [0.3, 0.4) is 0 Å².